The lowest BCUT2D eigenvalue weighted by Gasteiger charge is -2.19. The van der Waals surface area contributed by atoms with Gasteiger partial charge in [0, 0.05) is 38.4 Å². The standard InChI is InChI=1S/C15H20N4/c1-2-10-19(9-1)14-6-3-5-13(11-14)12-18-15-16-7-4-8-17-15/h1-3,5-6,11H,4,7-10,12H2,(H2,16,17,18). The fourth-order valence-corrected chi connectivity index (χ4v) is 2.39. The molecule has 1 aromatic rings. The third kappa shape index (κ3) is 3.08. The second kappa shape index (κ2) is 5.78. The molecule has 2 N–H and O–H groups in total. The molecule has 4 heteroatoms. The normalized spacial score (nSPS) is 18.1. The zero-order valence-corrected chi connectivity index (χ0v) is 11.1. The van der Waals surface area contributed by atoms with Crippen molar-refractivity contribution in [3.63, 3.8) is 0 Å². The number of anilines is 1. The number of hydrogen-bond donors (Lipinski definition) is 2. The molecule has 0 atom stereocenters. The molecule has 100 valence electrons. The summed E-state index contributed by atoms with van der Waals surface area (Å²) in [7, 11) is 0. The van der Waals surface area contributed by atoms with Gasteiger partial charge in [0.1, 0.15) is 0 Å². The predicted octanol–water partition coefficient (Wildman–Crippen LogP) is 1.50. The lowest BCUT2D eigenvalue weighted by molar-refractivity contribution is 0.702. The second-order valence-electron chi connectivity index (χ2n) is 4.91. The minimum absolute atomic E-state index is 0.820. The first-order valence-electron chi connectivity index (χ1n) is 6.93. The van der Waals surface area contributed by atoms with Gasteiger partial charge in [-0.1, -0.05) is 24.3 Å². The van der Waals surface area contributed by atoms with Crippen molar-refractivity contribution in [1.82, 2.24) is 10.6 Å². The van der Waals surface area contributed by atoms with Crippen LogP contribution in [0.4, 0.5) is 5.69 Å². The Labute approximate surface area is 114 Å². The average molecular weight is 256 g/mol. The highest BCUT2D eigenvalue weighted by atomic mass is 15.2. The van der Waals surface area contributed by atoms with Gasteiger partial charge >= 0.3 is 0 Å². The predicted molar refractivity (Wildman–Crippen MR) is 79.6 cm³/mol. The fraction of sp³-hybridized carbons (Fsp3) is 0.400. The minimum atomic E-state index is 0.820. The first-order chi connectivity index (χ1) is 9.42. The highest BCUT2D eigenvalue weighted by Crippen LogP contribution is 2.18. The van der Waals surface area contributed by atoms with E-state index in [1.807, 2.05) is 0 Å². The molecule has 19 heavy (non-hydrogen) atoms. The molecular formula is C15H20N4. The molecule has 0 aromatic heterocycles. The van der Waals surface area contributed by atoms with Crippen molar-refractivity contribution in [3.8, 4) is 0 Å². The van der Waals surface area contributed by atoms with Crippen LogP contribution < -0.4 is 15.5 Å². The van der Waals surface area contributed by atoms with Gasteiger partial charge in [-0.3, -0.25) is 4.99 Å². The number of nitrogens with zero attached hydrogens (tertiary/aromatic N) is 2. The van der Waals surface area contributed by atoms with Gasteiger partial charge in [-0.05, 0) is 24.1 Å². The van der Waals surface area contributed by atoms with Crippen molar-refractivity contribution in [3.05, 3.63) is 42.0 Å². The minimum Gasteiger partial charge on any atom is -0.364 e. The van der Waals surface area contributed by atoms with Crippen LogP contribution in [0.25, 0.3) is 0 Å². The Morgan fingerprint density at radius 3 is 2.95 bits per heavy atom. The quantitative estimate of drug-likeness (QED) is 0.805. The van der Waals surface area contributed by atoms with Crippen LogP contribution >= 0.6 is 0 Å². The Morgan fingerprint density at radius 1 is 1.26 bits per heavy atom. The summed E-state index contributed by atoms with van der Waals surface area (Å²) in [6.45, 7) is 4.80. The molecular weight excluding hydrogens is 236 g/mol. The van der Waals surface area contributed by atoms with Crippen LogP contribution in [-0.2, 0) is 6.54 Å². The monoisotopic (exact) mass is 256 g/mol. The van der Waals surface area contributed by atoms with Crippen molar-refractivity contribution in [2.75, 3.05) is 31.1 Å². The van der Waals surface area contributed by atoms with Crippen LogP contribution in [0.2, 0.25) is 0 Å². The molecule has 0 saturated heterocycles. The van der Waals surface area contributed by atoms with E-state index in [1.54, 1.807) is 0 Å². The third-order valence-corrected chi connectivity index (χ3v) is 3.45. The Balaban J connectivity index is 1.61. The van der Waals surface area contributed by atoms with Crippen LogP contribution in [0.5, 0.6) is 0 Å². The van der Waals surface area contributed by atoms with Crippen LogP contribution in [0.15, 0.2) is 41.4 Å². The van der Waals surface area contributed by atoms with Gasteiger partial charge in [0.2, 0.25) is 0 Å². The topological polar surface area (TPSA) is 39.7 Å². The molecule has 2 aliphatic rings. The summed E-state index contributed by atoms with van der Waals surface area (Å²) in [5.41, 5.74) is 2.59. The van der Waals surface area contributed by atoms with Crippen molar-refractivity contribution in [1.29, 1.82) is 0 Å². The molecule has 3 rings (SSSR count). The maximum absolute atomic E-state index is 4.42. The van der Waals surface area contributed by atoms with Crippen molar-refractivity contribution >= 4 is 11.6 Å². The zero-order valence-electron chi connectivity index (χ0n) is 11.1. The summed E-state index contributed by atoms with van der Waals surface area (Å²) in [5, 5.41) is 6.64. The van der Waals surface area contributed by atoms with Crippen LogP contribution in [0.3, 0.4) is 0 Å². The van der Waals surface area contributed by atoms with E-state index in [-0.39, 0.29) is 0 Å². The number of benzene rings is 1. The van der Waals surface area contributed by atoms with Gasteiger partial charge in [-0.15, -0.1) is 0 Å². The smallest absolute Gasteiger partial charge is 0.191 e. The molecule has 4 nitrogen and oxygen atoms in total. The molecule has 2 aliphatic heterocycles. The number of hydrogen-bond acceptors (Lipinski definition) is 4. The highest BCUT2D eigenvalue weighted by Gasteiger charge is 2.08. The summed E-state index contributed by atoms with van der Waals surface area (Å²) >= 11 is 0. The van der Waals surface area contributed by atoms with E-state index in [9.17, 15) is 0 Å². The van der Waals surface area contributed by atoms with Crippen LogP contribution in [0, 0.1) is 0 Å². The number of nitrogens with one attached hydrogen (secondary N) is 2. The van der Waals surface area contributed by atoms with Gasteiger partial charge in [-0.25, -0.2) is 0 Å². The number of aliphatic imine (C=N–C) groups is 1. The molecule has 0 amide bonds. The zero-order chi connectivity index (χ0) is 12.9. The van der Waals surface area contributed by atoms with Gasteiger partial charge in [-0.2, -0.15) is 0 Å². The maximum atomic E-state index is 4.42. The van der Waals surface area contributed by atoms with Crippen LogP contribution in [0.1, 0.15) is 12.0 Å². The van der Waals surface area contributed by atoms with Gasteiger partial charge in [0.15, 0.2) is 5.96 Å². The molecule has 0 aliphatic carbocycles. The molecule has 0 bridgehead atoms. The summed E-state index contributed by atoms with van der Waals surface area (Å²) in [5.74, 6) is 0.930. The summed E-state index contributed by atoms with van der Waals surface area (Å²) in [6.07, 6.45) is 5.56. The summed E-state index contributed by atoms with van der Waals surface area (Å²) in [6, 6.07) is 8.71. The Kier molecular flexibility index (Phi) is 3.68. The lowest BCUT2D eigenvalue weighted by Crippen LogP contribution is -2.40. The van der Waals surface area contributed by atoms with E-state index in [1.165, 1.54) is 11.3 Å². The Morgan fingerprint density at radius 2 is 2.16 bits per heavy atom. The highest BCUT2D eigenvalue weighted by molar-refractivity contribution is 5.80. The van der Waals surface area contributed by atoms with E-state index in [0.29, 0.717) is 0 Å². The number of rotatable bonds is 3. The average Bonchev–Trinajstić information content (AvgIpc) is 3.01. The van der Waals surface area contributed by atoms with Crippen molar-refractivity contribution in [2.24, 2.45) is 4.99 Å². The van der Waals surface area contributed by atoms with Crippen molar-refractivity contribution < 1.29 is 0 Å². The Hall–Kier alpha value is -1.97. The van der Waals surface area contributed by atoms with E-state index < -0.39 is 0 Å². The molecule has 0 spiro atoms. The second-order valence-corrected chi connectivity index (χ2v) is 4.91. The third-order valence-electron chi connectivity index (χ3n) is 3.45. The molecule has 0 radical (unpaired) electrons. The number of guanidine groups is 1. The largest absolute Gasteiger partial charge is 0.364 e. The Bertz CT molecular complexity index is 485. The molecule has 0 saturated carbocycles. The lowest BCUT2D eigenvalue weighted by atomic mass is 10.2. The molecule has 1 aromatic carbocycles. The first-order valence-corrected chi connectivity index (χ1v) is 6.93. The van der Waals surface area contributed by atoms with E-state index >= 15 is 0 Å². The SMILES string of the molecule is C1=CCN(c2cccc(CNC3=NCCCN3)c2)C1. The molecule has 0 fully saturated rings. The summed E-state index contributed by atoms with van der Waals surface area (Å²) in [4.78, 5) is 6.78. The van der Waals surface area contributed by atoms with Gasteiger partial charge < -0.3 is 15.5 Å². The van der Waals surface area contributed by atoms with Crippen LogP contribution in [-0.4, -0.2) is 32.1 Å². The van der Waals surface area contributed by atoms with Crippen molar-refractivity contribution in [2.45, 2.75) is 13.0 Å². The first kappa shape index (κ1) is 12.1. The molecule has 2 heterocycles. The summed E-state index contributed by atoms with van der Waals surface area (Å²) < 4.78 is 0. The van der Waals surface area contributed by atoms with E-state index in [4.69, 9.17) is 0 Å². The van der Waals surface area contributed by atoms with E-state index in [2.05, 4.69) is 56.9 Å². The fourth-order valence-electron chi connectivity index (χ4n) is 2.39. The van der Waals surface area contributed by atoms with Gasteiger partial charge in [0.25, 0.3) is 0 Å². The molecule has 0 unspecified atom stereocenters. The van der Waals surface area contributed by atoms with E-state index in [0.717, 1.165) is 45.1 Å². The maximum Gasteiger partial charge on any atom is 0.191 e. The van der Waals surface area contributed by atoms with Gasteiger partial charge in [0.05, 0.1) is 0 Å².